The van der Waals surface area contributed by atoms with E-state index in [1.54, 1.807) is 19.1 Å². The van der Waals surface area contributed by atoms with Crippen molar-refractivity contribution in [1.29, 1.82) is 0 Å². The molecule has 0 aliphatic heterocycles. The maximum absolute atomic E-state index is 12.6. The molecule has 28 heavy (non-hydrogen) atoms. The van der Waals surface area contributed by atoms with Gasteiger partial charge >= 0.3 is 17.8 Å². The molecule has 3 heterocycles. The van der Waals surface area contributed by atoms with E-state index in [9.17, 15) is 18.0 Å². The number of hydrogen-bond donors (Lipinski definition) is 1. The van der Waals surface area contributed by atoms with E-state index in [2.05, 4.69) is 15.1 Å². The first-order valence-corrected chi connectivity index (χ1v) is 8.60. The van der Waals surface area contributed by atoms with E-state index in [0.717, 1.165) is 20.5 Å². The Morgan fingerprint density at radius 2 is 1.89 bits per heavy atom. The fourth-order valence-electron chi connectivity index (χ4n) is 2.99. The molecule has 3 aromatic heterocycles. The van der Waals surface area contributed by atoms with Crippen molar-refractivity contribution in [3.8, 4) is 17.0 Å². The van der Waals surface area contributed by atoms with Crippen molar-refractivity contribution >= 4 is 11.6 Å². The molecule has 0 saturated carbocycles. The van der Waals surface area contributed by atoms with Crippen molar-refractivity contribution in [3.05, 3.63) is 34.0 Å². The van der Waals surface area contributed by atoms with Gasteiger partial charge in [0.2, 0.25) is 5.65 Å². The Hall–Kier alpha value is -3.11. The second-order valence-electron chi connectivity index (χ2n) is 6.32. The largest absolute Gasteiger partial charge is 0.468 e. The maximum atomic E-state index is 12.6. The van der Waals surface area contributed by atoms with Crippen LogP contribution in [0.5, 0.6) is 5.88 Å². The summed E-state index contributed by atoms with van der Waals surface area (Å²) in [6, 6.07) is 3.54. The van der Waals surface area contributed by atoms with E-state index in [-0.39, 0.29) is 17.5 Å². The number of nitrogens with zero attached hydrogens (tertiary/aromatic N) is 4. The van der Waals surface area contributed by atoms with Crippen LogP contribution in [0.25, 0.3) is 16.8 Å². The molecule has 0 unspecified atom stereocenters. The van der Waals surface area contributed by atoms with Gasteiger partial charge in [-0.3, -0.25) is 10.7 Å². The van der Waals surface area contributed by atoms with Gasteiger partial charge in [0.15, 0.2) is 0 Å². The summed E-state index contributed by atoms with van der Waals surface area (Å²) in [6.07, 6.45) is -5.59. The minimum Gasteiger partial charge on any atom is -0.468 e. The molecule has 150 valence electrons. The molecule has 0 aromatic carbocycles. The molecule has 3 aromatic rings. The van der Waals surface area contributed by atoms with Crippen molar-refractivity contribution in [2.75, 3.05) is 12.3 Å². The van der Waals surface area contributed by atoms with Crippen LogP contribution in [0.2, 0.25) is 0 Å². The number of nitrogens with one attached hydrogen (secondary N) is 1. The van der Waals surface area contributed by atoms with Gasteiger partial charge in [-0.1, -0.05) is 0 Å². The smallest absolute Gasteiger partial charge is 0.411 e. The van der Waals surface area contributed by atoms with Gasteiger partial charge in [-0.25, -0.2) is 9.78 Å². The molecule has 0 spiro atoms. The Morgan fingerprint density at radius 1 is 1.25 bits per heavy atom. The molecule has 0 aliphatic rings. The average Bonchev–Trinajstić information content (AvgIpc) is 2.89. The number of ether oxygens (including phenoxy) is 1. The van der Waals surface area contributed by atoms with E-state index in [1.165, 1.54) is 0 Å². The molecule has 8 nitrogen and oxygen atoms in total. The molecule has 0 saturated heterocycles. The summed E-state index contributed by atoms with van der Waals surface area (Å²) >= 11 is 0. The molecule has 3 N–H and O–H groups in total. The molecule has 0 atom stereocenters. The molecule has 0 bridgehead atoms. The number of nitrogen functional groups attached to an aromatic ring is 1. The van der Waals surface area contributed by atoms with E-state index in [4.69, 9.17) is 10.5 Å². The SMILES string of the molecule is CCOc1[nH+]c(N)n2c(=O)n(CCC(F)(F)F)nc2c1-c1cc(C)nc(C)c1. The van der Waals surface area contributed by atoms with Crippen LogP contribution in [0.1, 0.15) is 24.7 Å². The number of halogens is 3. The van der Waals surface area contributed by atoms with E-state index >= 15 is 0 Å². The third-order valence-corrected chi connectivity index (χ3v) is 4.04. The lowest BCUT2D eigenvalue weighted by Gasteiger charge is -2.09. The Morgan fingerprint density at radius 3 is 2.46 bits per heavy atom. The Labute approximate surface area is 157 Å². The highest BCUT2D eigenvalue weighted by Crippen LogP contribution is 2.31. The van der Waals surface area contributed by atoms with Crippen molar-refractivity contribution < 1.29 is 22.9 Å². The first-order chi connectivity index (χ1) is 13.1. The van der Waals surface area contributed by atoms with Gasteiger partial charge in [0.25, 0.3) is 5.88 Å². The summed E-state index contributed by atoms with van der Waals surface area (Å²) in [4.78, 5) is 19.7. The zero-order valence-electron chi connectivity index (χ0n) is 15.6. The second kappa shape index (κ2) is 7.13. The van der Waals surface area contributed by atoms with Crippen LogP contribution in [0.3, 0.4) is 0 Å². The molecule has 0 radical (unpaired) electrons. The highest BCUT2D eigenvalue weighted by molar-refractivity contribution is 5.81. The molecular weight excluding hydrogens is 377 g/mol. The van der Waals surface area contributed by atoms with Gasteiger partial charge in [-0.2, -0.15) is 17.9 Å². The molecule has 0 amide bonds. The molecule has 0 fully saturated rings. The third kappa shape index (κ3) is 3.78. The number of hydrogen-bond acceptors (Lipinski definition) is 5. The second-order valence-corrected chi connectivity index (χ2v) is 6.32. The van der Waals surface area contributed by atoms with E-state index in [0.29, 0.717) is 17.7 Å². The van der Waals surface area contributed by atoms with Crippen molar-refractivity contribution in [2.45, 2.75) is 39.9 Å². The number of aryl methyl sites for hydroxylation is 3. The minimum atomic E-state index is -4.41. The number of nitrogens with two attached hydrogens (primary N) is 1. The summed E-state index contributed by atoms with van der Waals surface area (Å²) in [5.41, 5.74) is 7.81. The van der Waals surface area contributed by atoms with Crippen LogP contribution in [0, 0.1) is 13.8 Å². The van der Waals surface area contributed by atoms with Gasteiger partial charge in [0, 0.05) is 11.4 Å². The summed E-state index contributed by atoms with van der Waals surface area (Å²) in [5, 5.41) is 4.12. The van der Waals surface area contributed by atoms with Crippen molar-refractivity contribution in [3.63, 3.8) is 0 Å². The number of aromatic nitrogens is 5. The Balaban J connectivity index is 2.29. The van der Waals surface area contributed by atoms with Gasteiger partial charge in [0.05, 0.1) is 19.6 Å². The Kier molecular flexibility index (Phi) is 5.01. The van der Waals surface area contributed by atoms with Gasteiger partial charge in [-0.05, 0) is 38.5 Å². The molecule has 11 heteroatoms. The minimum absolute atomic E-state index is 0.0899. The quantitative estimate of drug-likeness (QED) is 0.709. The van der Waals surface area contributed by atoms with Crippen LogP contribution in [0.15, 0.2) is 16.9 Å². The fraction of sp³-hybridized carbons (Fsp3) is 0.412. The zero-order chi connectivity index (χ0) is 20.6. The van der Waals surface area contributed by atoms with Crippen LogP contribution < -0.4 is 21.1 Å². The molecular formula is C17H20F3N6O2+. The van der Waals surface area contributed by atoms with Crippen LogP contribution in [0.4, 0.5) is 19.1 Å². The highest BCUT2D eigenvalue weighted by Gasteiger charge is 2.30. The van der Waals surface area contributed by atoms with Crippen LogP contribution in [-0.2, 0) is 6.54 Å². The molecule has 3 rings (SSSR count). The summed E-state index contributed by atoms with van der Waals surface area (Å²) in [7, 11) is 0. The Bertz CT molecular complexity index is 1070. The fourth-order valence-corrected chi connectivity index (χ4v) is 2.99. The zero-order valence-corrected chi connectivity index (χ0v) is 15.6. The number of H-pyrrole nitrogens is 1. The molecule has 0 aliphatic carbocycles. The highest BCUT2D eigenvalue weighted by atomic mass is 19.4. The van der Waals surface area contributed by atoms with Gasteiger partial charge in [-0.15, -0.1) is 9.50 Å². The number of aromatic amines is 1. The number of anilines is 1. The standard InChI is InChI=1S/C17H19F3N6O2/c1-4-28-14-12(11-7-9(2)22-10(3)8-11)13-24-25(6-5-17(18,19)20)16(27)26(13)15(21)23-14/h7-8H,4-6H2,1-3H3,(H2,21,23)/p+1. The van der Waals surface area contributed by atoms with Gasteiger partial charge in [0.1, 0.15) is 5.56 Å². The topological polar surface area (TPSA) is 102 Å². The van der Waals surface area contributed by atoms with Gasteiger partial charge < -0.3 is 4.74 Å². The predicted molar refractivity (Wildman–Crippen MR) is 95.0 cm³/mol. The van der Waals surface area contributed by atoms with Crippen LogP contribution in [-0.4, -0.2) is 31.9 Å². The first-order valence-electron chi connectivity index (χ1n) is 8.60. The maximum Gasteiger partial charge on any atom is 0.411 e. The normalized spacial score (nSPS) is 11.9. The van der Waals surface area contributed by atoms with Crippen molar-refractivity contribution in [1.82, 2.24) is 19.2 Å². The number of alkyl halides is 3. The van der Waals surface area contributed by atoms with Crippen molar-refractivity contribution in [2.24, 2.45) is 0 Å². The summed E-state index contributed by atoms with van der Waals surface area (Å²) in [5.74, 6) is 0.179. The average molecular weight is 397 g/mol. The first kappa shape index (κ1) is 19.6. The van der Waals surface area contributed by atoms with E-state index < -0.39 is 24.8 Å². The summed E-state index contributed by atoms with van der Waals surface area (Å²) < 4.78 is 45.2. The lowest BCUT2D eigenvalue weighted by atomic mass is 10.1. The lowest BCUT2D eigenvalue weighted by molar-refractivity contribution is -0.381. The predicted octanol–water partition coefficient (Wildman–Crippen LogP) is 1.92. The number of rotatable bonds is 5. The number of pyridine rings is 1. The van der Waals surface area contributed by atoms with E-state index in [1.807, 2.05) is 13.8 Å². The summed E-state index contributed by atoms with van der Waals surface area (Å²) in [6.45, 7) is 5.09. The number of fused-ring (bicyclic) bond motifs is 1. The monoisotopic (exact) mass is 397 g/mol. The lowest BCUT2D eigenvalue weighted by Crippen LogP contribution is -2.28. The van der Waals surface area contributed by atoms with Crippen LogP contribution >= 0.6 is 0 Å². The third-order valence-electron chi connectivity index (χ3n) is 4.04.